The second-order valence-electron chi connectivity index (χ2n) is 15.8. The minimum atomic E-state index is 0.701. The smallest absolute Gasteiger partial charge is 0.160 e. The normalized spacial score (nSPS) is 12.3. The number of thiophene rings is 2. The van der Waals surface area contributed by atoms with Gasteiger partial charge in [-0.1, -0.05) is 171 Å². The van der Waals surface area contributed by atoms with Gasteiger partial charge in [-0.25, -0.2) is 9.97 Å². The van der Waals surface area contributed by atoms with Gasteiger partial charge in [-0.15, -0.1) is 22.7 Å². The lowest BCUT2D eigenvalue weighted by molar-refractivity contribution is 1.24. The van der Waals surface area contributed by atoms with Gasteiger partial charge < -0.3 is 0 Å². The van der Waals surface area contributed by atoms with E-state index in [9.17, 15) is 0 Å². The topological polar surface area (TPSA) is 25.8 Å². The van der Waals surface area contributed by atoms with Crippen molar-refractivity contribution in [3.05, 3.63) is 216 Å². The largest absolute Gasteiger partial charge is 0.226 e. The average molecular weight is 825 g/mol. The van der Waals surface area contributed by atoms with E-state index in [2.05, 4.69) is 201 Å². The molecule has 3 heterocycles. The molecule has 0 N–H and O–H groups in total. The molecule has 2 nitrogen and oxygen atoms in total. The number of nitrogens with zero attached hydrogens (tertiary/aromatic N) is 2. The first kappa shape index (κ1) is 36.4. The average Bonchev–Trinajstić information content (AvgIpc) is 3.89. The Morgan fingerprint density at radius 2 is 0.952 bits per heavy atom. The van der Waals surface area contributed by atoms with E-state index < -0.39 is 0 Å². The van der Waals surface area contributed by atoms with Crippen molar-refractivity contribution >= 4 is 97.5 Å². The quantitative estimate of drug-likeness (QED) is 0.156. The molecule has 0 spiro atoms. The van der Waals surface area contributed by atoms with Gasteiger partial charge in [0.05, 0.1) is 15.9 Å². The van der Waals surface area contributed by atoms with E-state index in [4.69, 9.17) is 9.97 Å². The summed E-state index contributed by atoms with van der Waals surface area (Å²) in [5.74, 6) is 0.701. The van der Waals surface area contributed by atoms with Crippen LogP contribution in [0.1, 0.15) is 5.56 Å². The Bertz CT molecular complexity index is 3860. The van der Waals surface area contributed by atoms with Crippen LogP contribution < -0.4 is 9.75 Å². The van der Waals surface area contributed by atoms with Crippen molar-refractivity contribution < 1.29 is 0 Å². The van der Waals surface area contributed by atoms with E-state index in [1.54, 1.807) is 22.7 Å². The van der Waals surface area contributed by atoms with Crippen LogP contribution in [0, 0.1) is 0 Å². The molecule has 0 aliphatic carbocycles. The Hall–Kier alpha value is -7.50. The molecule has 0 bridgehead atoms. The molecule has 290 valence electrons. The fourth-order valence-electron chi connectivity index (χ4n) is 9.19. The Labute approximate surface area is 366 Å². The molecule has 0 aliphatic heterocycles. The van der Waals surface area contributed by atoms with Crippen molar-refractivity contribution in [1.82, 2.24) is 9.97 Å². The molecule has 4 heteroatoms. The third-order valence-electron chi connectivity index (χ3n) is 12.2. The monoisotopic (exact) mass is 824 g/mol. The van der Waals surface area contributed by atoms with E-state index in [1.807, 2.05) is 6.08 Å². The van der Waals surface area contributed by atoms with Gasteiger partial charge in [-0.3, -0.25) is 0 Å². The third kappa shape index (κ3) is 5.91. The van der Waals surface area contributed by atoms with Gasteiger partial charge in [-0.05, 0) is 113 Å². The summed E-state index contributed by atoms with van der Waals surface area (Å²) in [7, 11) is 0. The third-order valence-corrected chi connectivity index (χ3v) is 14.6. The number of allylic oxidation sites excluding steroid dienone is 1. The van der Waals surface area contributed by atoms with Gasteiger partial charge >= 0.3 is 0 Å². The van der Waals surface area contributed by atoms with Crippen LogP contribution in [-0.2, 0) is 0 Å². The standard InChI is InChI=1S/C58H36N2S2/c1-3-43(56-35(2)44-17-11-13-23-52(44)61-56)37-27-25-36(26-28-37)40-31-41(39-29-30-49-47-20-8-7-18-45(47)46-19-9-10-21-48(46)51(49)34-39)33-42(32-40)58-59-54(38-15-5-4-6-16-38)57-55(60-58)50-22-12-14-24-53(50)62-57/h3-34H,1-2H2/b56-43-. The van der Waals surface area contributed by atoms with Crippen LogP contribution in [0.15, 0.2) is 201 Å². The molecule has 0 unspecified atom stereocenters. The Kier molecular flexibility index (Phi) is 8.56. The fourth-order valence-corrected chi connectivity index (χ4v) is 11.6. The zero-order valence-corrected chi connectivity index (χ0v) is 35.2. The Balaban J connectivity index is 1.08. The number of hydrogen-bond acceptors (Lipinski definition) is 4. The van der Waals surface area contributed by atoms with Crippen LogP contribution in [0.3, 0.4) is 0 Å². The van der Waals surface area contributed by atoms with Crippen LogP contribution in [0.2, 0.25) is 0 Å². The van der Waals surface area contributed by atoms with E-state index in [0.29, 0.717) is 5.82 Å². The zero-order chi connectivity index (χ0) is 41.3. The second-order valence-corrected chi connectivity index (χ2v) is 17.9. The van der Waals surface area contributed by atoms with E-state index in [0.717, 1.165) is 75.6 Å². The van der Waals surface area contributed by atoms with Crippen molar-refractivity contribution in [3.8, 4) is 44.9 Å². The van der Waals surface area contributed by atoms with Crippen LogP contribution >= 0.6 is 22.7 Å². The molecular weight excluding hydrogens is 789 g/mol. The Morgan fingerprint density at radius 3 is 1.61 bits per heavy atom. The summed E-state index contributed by atoms with van der Waals surface area (Å²) in [5, 5.41) is 10.9. The maximum Gasteiger partial charge on any atom is 0.160 e. The molecule has 0 fully saturated rings. The van der Waals surface area contributed by atoms with Crippen molar-refractivity contribution in [1.29, 1.82) is 0 Å². The van der Waals surface area contributed by atoms with E-state index in [1.165, 1.54) is 47.1 Å². The SMILES string of the molecule is C=C/C(c1ccc(-c2cc(-c3ccc4c5ccccc5c5ccccc5c4c3)cc(-c3nc(-c4ccccc4)c4sc5ccccc5c4n3)c2)cc1)=c1/sc2ccccc2c1=C. The Morgan fingerprint density at radius 1 is 0.419 bits per heavy atom. The van der Waals surface area contributed by atoms with Crippen LogP contribution in [0.5, 0.6) is 0 Å². The number of hydrogen-bond donors (Lipinski definition) is 0. The van der Waals surface area contributed by atoms with Gasteiger partial charge in [0.2, 0.25) is 0 Å². The number of fused-ring (bicyclic) bond motifs is 10. The highest BCUT2D eigenvalue weighted by Crippen LogP contribution is 2.42. The van der Waals surface area contributed by atoms with Crippen LogP contribution in [0.4, 0.5) is 0 Å². The van der Waals surface area contributed by atoms with Crippen molar-refractivity contribution in [2.45, 2.75) is 0 Å². The highest BCUT2D eigenvalue weighted by atomic mass is 32.1. The van der Waals surface area contributed by atoms with E-state index in [-0.39, 0.29) is 0 Å². The minimum Gasteiger partial charge on any atom is -0.226 e. The molecule has 0 aliphatic rings. The summed E-state index contributed by atoms with van der Waals surface area (Å²) >= 11 is 3.53. The summed E-state index contributed by atoms with van der Waals surface area (Å²) in [5.41, 5.74) is 10.6. The molecule has 0 atom stereocenters. The van der Waals surface area contributed by atoms with Crippen molar-refractivity contribution in [2.75, 3.05) is 0 Å². The summed E-state index contributed by atoms with van der Waals surface area (Å²) in [4.78, 5) is 10.8. The van der Waals surface area contributed by atoms with E-state index >= 15 is 0 Å². The van der Waals surface area contributed by atoms with Gasteiger partial charge in [0, 0.05) is 30.4 Å². The molecule has 12 rings (SSSR count). The van der Waals surface area contributed by atoms with Gasteiger partial charge in [0.25, 0.3) is 0 Å². The van der Waals surface area contributed by atoms with Crippen LogP contribution in [0.25, 0.3) is 120 Å². The predicted molar refractivity (Wildman–Crippen MR) is 268 cm³/mol. The summed E-state index contributed by atoms with van der Waals surface area (Å²) in [6, 6.07) is 67.7. The van der Waals surface area contributed by atoms with Crippen molar-refractivity contribution in [3.63, 3.8) is 0 Å². The maximum absolute atomic E-state index is 5.42. The summed E-state index contributed by atoms with van der Waals surface area (Å²) < 4.78 is 4.68. The lowest BCUT2D eigenvalue weighted by Crippen LogP contribution is -2.19. The minimum absolute atomic E-state index is 0.701. The molecule has 3 aromatic heterocycles. The number of rotatable bonds is 6. The summed E-state index contributed by atoms with van der Waals surface area (Å²) in [6.45, 7) is 8.73. The molecule has 0 saturated carbocycles. The molecule has 12 aromatic rings. The first-order valence-electron chi connectivity index (χ1n) is 20.8. The van der Waals surface area contributed by atoms with Gasteiger partial charge in [0.1, 0.15) is 0 Å². The molecular formula is C58H36N2S2. The predicted octanol–water partition coefficient (Wildman–Crippen LogP) is 15.0. The number of benzene rings is 9. The van der Waals surface area contributed by atoms with Crippen LogP contribution in [-0.4, -0.2) is 9.97 Å². The first-order chi connectivity index (χ1) is 30.6. The van der Waals surface area contributed by atoms with Gasteiger partial charge in [0.15, 0.2) is 5.82 Å². The second kappa shape index (κ2) is 14.6. The first-order valence-corrected chi connectivity index (χ1v) is 22.4. The molecule has 62 heavy (non-hydrogen) atoms. The highest BCUT2D eigenvalue weighted by Gasteiger charge is 2.19. The van der Waals surface area contributed by atoms with Crippen molar-refractivity contribution in [2.24, 2.45) is 0 Å². The maximum atomic E-state index is 5.42. The highest BCUT2D eigenvalue weighted by molar-refractivity contribution is 7.26. The lowest BCUT2D eigenvalue weighted by atomic mass is 9.90. The summed E-state index contributed by atoms with van der Waals surface area (Å²) in [6.07, 6.45) is 1.96. The van der Waals surface area contributed by atoms with Gasteiger partial charge in [-0.2, -0.15) is 0 Å². The number of aromatic nitrogens is 2. The zero-order valence-electron chi connectivity index (χ0n) is 33.6. The molecule has 0 amide bonds. The fraction of sp³-hybridized carbons (Fsp3) is 0. The lowest BCUT2D eigenvalue weighted by Gasteiger charge is -2.14. The molecule has 0 radical (unpaired) electrons. The molecule has 9 aromatic carbocycles. The molecule has 0 saturated heterocycles.